The molecule has 4 aliphatic rings. The first-order valence-corrected chi connectivity index (χ1v) is 14.9. The molecule has 46 heavy (non-hydrogen) atoms. The first-order chi connectivity index (χ1) is 21.4. The number of aromatic amines is 1. The summed E-state index contributed by atoms with van der Waals surface area (Å²) >= 11 is 0. The number of pyridine rings is 1. The third-order valence-corrected chi connectivity index (χ3v) is 9.30. The molecule has 4 fully saturated rings. The minimum absolute atomic E-state index is 0. The van der Waals surface area contributed by atoms with E-state index in [1.165, 1.54) is 0 Å². The Morgan fingerprint density at radius 2 is 2.02 bits per heavy atom. The second-order valence-corrected chi connectivity index (χ2v) is 11.9. The van der Waals surface area contributed by atoms with E-state index in [0.717, 1.165) is 53.2 Å². The lowest BCUT2D eigenvalue weighted by atomic mass is 9.73. The van der Waals surface area contributed by atoms with Crippen LogP contribution in [0.15, 0.2) is 71.2 Å². The summed E-state index contributed by atoms with van der Waals surface area (Å²) in [7, 11) is 0. The van der Waals surface area contributed by atoms with Gasteiger partial charge >= 0.3 is 5.69 Å². The summed E-state index contributed by atoms with van der Waals surface area (Å²) in [6.07, 6.45) is 5.89. The standard InChI is InChI=1S/C31H34FN7O5.2ClH/c1-2-18-13-37-10-8-19(18)11-25(37)29(22-7-9-33-24-6-4-3-5-21(22)24)43-17-20-14-38(36-35-20)16-27-26(40)12-28(44-27)39-15-23(32)30(41)34-31(39)42;;/h2-7,9,14-15,18-19,25-29,40H,1,8,10-13,16-17H2,(H,34,41,42);2*1H. The summed E-state index contributed by atoms with van der Waals surface area (Å²) in [6, 6.07) is 10.3. The Bertz CT molecular complexity index is 1800. The van der Waals surface area contributed by atoms with Crippen molar-refractivity contribution in [1.82, 2.24) is 34.4 Å². The molecule has 4 saturated heterocycles. The molecule has 8 rings (SSSR count). The number of aliphatic hydroxyl groups excluding tert-OH is 1. The molecule has 0 saturated carbocycles. The van der Waals surface area contributed by atoms with Gasteiger partial charge in [0.2, 0.25) is 5.82 Å². The molecule has 4 aliphatic heterocycles. The van der Waals surface area contributed by atoms with E-state index < -0.39 is 35.5 Å². The Morgan fingerprint density at radius 1 is 1.20 bits per heavy atom. The number of hydrogen-bond acceptors (Lipinski definition) is 9. The zero-order chi connectivity index (χ0) is 30.4. The number of H-pyrrole nitrogens is 1. The largest absolute Gasteiger partial charge is 0.390 e. The monoisotopic (exact) mass is 675 g/mol. The highest BCUT2D eigenvalue weighted by molar-refractivity contribution is 5.85. The number of piperidine rings is 3. The van der Waals surface area contributed by atoms with Crippen LogP contribution in [0.5, 0.6) is 0 Å². The van der Waals surface area contributed by atoms with Crippen LogP contribution in [-0.4, -0.2) is 70.9 Å². The van der Waals surface area contributed by atoms with Crippen LogP contribution in [0.3, 0.4) is 0 Å². The van der Waals surface area contributed by atoms with Crippen LogP contribution in [0.2, 0.25) is 0 Å². The van der Waals surface area contributed by atoms with E-state index in [9.17, 15) is 19.1 Å². The number of rotatable bonds is 9. The van der Waals surface area contributed by atoms with Gasteiger partial charge in [-0.25, -0.2) is 9.48 Å². The second kappa shape index (κ2) is 14.1. The van der Waals surface area contributed by atoms with Crippen molar-refractivity contribution in [3.8, 4) is 0 Å². The van der Waals surface area contributed by atoms with E-state index in [1.807, 2.05) is 35.4 Å². The fourth-order valence-corrected chi connectivity index (χ4v) is 7.04. The number of para-hydroxylation sites is 1. The van der Waals surface area contributed by atoms with Crippen molar-refractivity contribution in [2.45, 2.75) is 63.0 Å². The molecule has 1 aromatic carbocycles. The van der Waals surface area contributed by atoms with Crippen molar-refractivity contribution in [2.24, 2.45) is 11.8 Å². The number of aromatic nitrogens is 6. The summed E-state index contributed by atoms with van der Waals surface area (Å²) in [5, 5.41) is 20.2. The minimum Gasteiger partial charge on any atom is -0.390 e. The molecule has 8 unspecified atom stereocenters. The van der Waals surface area contributed by atoms with Gasteiger partial charge in [0.15, 0.2) is 0 Å². The fourth-order valence-electron chi connectivity index (χ4n) is 7.04. The number of hydrogen-bond donors (Lipinski definition) is 2. The highest BCUT2D eigenvalue weighted by atomic mass is 35.5. The molecule has 2 N–H and O–H groups in total. The van der Waals surface area contributed by atoms with E-state index in [-0.39, 0.29) is 56.5 Å². The maximum Gasteiger partial charge on any atom is 0.330 e. The van der Waals surface area contributed by atoms with Crippen molar-refractivity contribution in [2.75, 3.05) is 13.1 Å². The Morgan fingerprint density at radius 3 is 2.80 bits per heavy atom. The summed E-state index contributed by atoms with van der Waals surface area (Å²) in [6.45, 7) is 6.46. The first-order valence-electron chi connectivity index (χ1n) is 14.9. The number of aliphatic hydroxyl groups is 1. The molecule has 8 atom stereocenters. The van der Waals surface area contributed by atoms with E-state index in [1.54, 1.807) is 10.9 Å². The predicted molar refractivity (Wildman–Crippen MR) is 171 cm³/mol. The highest BCUT2D eigenvalue weighted by Crippen LogP contribution is 2.43. The summed E-state index contributed by atoms with van der Waals surface area (Å²) in [4.78, 5) is 32.6. The Balaban J connectivity index is 0.00000208. The zero-order valence-electron chi connectivity index (χ0n) is 24.9. The molecule has 3 aromatic heterocycles. The average Bonchev–Trinajstić information content (AvgIpc) is 3.65. The van der Waals surface area contributed by atoms with Gasteiger partial charge in [0.25, 0.3) is 5.56 Å². The Kier molecular flexibility index (Phi) is 10.4. The van der Waals surface area contributed by atoms with Crippen LogP contribution < -0.4 is 11.2 Å². The predicted octanol–water partition coefficient (Wildman–Crippen LogP) is 3.16. The molecule has 12 nitrogen and oxygen atoms in total. The smallest absolute Gasteiger partial charge is 0.330 e. The average molecular weight is 677 g/mol. The molecule has 0 spiro atoms. The van der Waals surface area contributed by atoms with Crippen molar-refractivity contribution in [3.63, 3.8) is 0 Å². The van der Waals surface area contributed by atoms with Crippen LogP contribution >= 0.6 is 24.8 Å². The third kappa shape index (κ3) is 6.53. The highest BCUT2D eigenvalue weighted by Gasteiger charge is 2.43. The minimum atomic E-state index is -1.11. The van der Waals surface area contributed by atoms with E-state index >= 15 is 0 Å². The van der Waals surface area contributed by atoms with Crippen LogP contribution in [0.25, 0.3) is 10.9 Å². The van der Waals surface area contributed by atoms with Gasteiger partial charge in [0.1, 0.15) is 18.0 Å². The lowest BCUT2D eigenvalue weighted by Gasteiger charge is -2.51. The van der Waals surface area contributed by atoms with Gasteiger partial charge in [-0.2, -0.15) is 4.39 Å². The SMILES string of the molecule is C=CC1CN2CCC1CC2C(OCc1cn(CC2OC(n3cc(F)c(=O)[nH]c3=O)CC2O)nn1)c1ccnc2ccccc12.Cl.Cl. The lowest BCUT2D eigenvalue weighted by molar-refractivity contribution is -0.0809. The molecule has 0 radical (unpaired) electrons. The van der Waals surface area contributed by atoms with Crippen LogP contribution in [0.1, 0.15) is 42.9 Å². The lowest BCUT2D eigenvalue weighted by Crippen LogP contribution is -2.55. The maximum absolute atomic E-state index is 13.8. The normalized spacial score (nSPS) is 27.6. The molecule has 0 amide bonds. The summed E-state index contributed by atoms with van der Waals surface area (Å²) in [5.74, 6) is -0.0412. The number of benzene rings is 1. The molecular weight excluding hydrogens is 640 g/mol. The van der Waals surface area contributed by atoms with Crippen molar-refractivity contribution in [3.05, 3.63) is 99.5 Å². The molecule has 15 heteroatoms. The van der Waals surface area contributed by atoms with Gasteiger partial charge in [0.05, 0.1) is 43.3 Å². The van der Waals surface area contributed by atoms with Crippen LogP contribution in [0.4, 0.5) is 4.39 Å². The molecule has 4 aromatic rings. The van der Waals surface area contributed by atoms with Crippen LogP contribution in [0, 0.1) is 17.7 Å². The van der Waals surface area contributed by atoms with Crippen molar-refractivity contribution in [1.29, 1.82) is 0 Å². The summed E-state index contributed by atoms with van der Waals surface area (Å²) in [5.41, 5.74) is 0.722. The van der Waals surface area contributed by atoms with Crippen LogP contribution in [-0.2, 0) is 22.6 Å². The molecule has 0 aliphatic carbocycles. The number of halogens is 3. The van der Waals surface area contributed by atoms with E-state index in [4.69, 9.17) is 9.47 Å². The fraction of sp³-hybridized carbons (Fsp3) is 0.452. The van der Waals surface area contributed by atoms with Crippen molar-refractivity contribution < 1.29 is 19.0 Å². The number of ether oxygens (including phenoxy) is 2. The first kappa shape index (κ1) is 33.9. The molecule has 246 valence electrons. The molecular formula is C31H36Cl2FN7O5. The summed E-state index contributed by atoms with van der Waals surface area (Å²) < 4.78 is 28.9. The topological polar surface area (TPSA) is 140 Å². The van der Waals surface area contributed by atoms with Gasteiger partial charge in [-0.15, -0.1) is 36.5 Å². The Labute approximate surface area is 276 Å². The molecule has 7 heterocycles. The van der Waals surface area contributed by atoms with Gasteiger partial charge in [0, 0.05) is 30.6 Å². The maximum atomic E-state index is 13.8. The van der Waals surface area contributed by atoms with E-state index in [0.29, 0.717) is 17.5 Å². The van der Waals surface area contributed by atoms with Gasteiger partial charge in [-0.3, -0.25) is 24.2 Å². The van der Waals surface area contributed by atoms with Gasteiger partial charge < -0.3 is 14.6 Å². The number of nitrogens with one attached hydrogen (secondary N) is 1. The second-order valence-electron chi connectivity index (χ2n) is 11.9. The third-order valence-electron chi connectivity index (χ3n) is 9.30. The number of fused-ring (bicyclic) bond motifs is 4. The number of nitrogens with zero attached hydrogens (tertiary/aromatic N) is 6. The van der Waals surface area contributed by atoms with E-state index in [2.05, 4.69) is 38.9 Å². The molecule has 2 bridgehead atoms. The van der Waals surface area contributed by atoms with Crippen molar-refractivity contribution >= 4 is 35.7 Å². The Hall–Kier alpha value is -3.46. The van der Waals surface area contributed by atoms with Gasteiger partial charge in [-0.1, -0.05) is 29.5 Å². The quantitative estimate of drug-likeness (QED) is 0.256. The van der Waals surface area contributed by atoms with Gasteiger partial charge in [-0.05, 0) is 48.9 Å². The zero-order valence-corrected chi connectivity index (χ0v) is 26.5.